The van der Waals surface area contributed by atoms with Gasteiger partial charge in [0.05, 0.1) is 5.41 Å². The number of aliphatic carboxylic acids is 1. The third-order valence-corrected chi connectivity index (χ3v) is 3.81. The molecule has 1 fully saturated rings. The Hall–Kier alpha value is -1.03. The molecule has 1 aliphatic rings. The second-order valence-electron chi connectivity index (χ2n) is 4.01. The minimum absolute atomic E-state index is 0.0793. The first-order valence-corrected chi connectivity index (χ1v) is 5.50. The number of rotatable bonds is 2. The summed E-state index contributed by atoms with van der Waals surface area (Å²) in [7, 11) is 0. The zero-order valence-corrected chi connectivity index (χ0v) is 9.84. The summed E-state index contributed by atoms with van der Waals surface area (Å²) in [4.78, 5) is 11.1. The van der Waals surface area contributed by atoms with E-state index in [2.05, 4.69) is 15.9 Å². The Bertz CT molecular complexity index is 436. The van der Waals surface area contributed by atoms with E-state index >= 15 is 0 Å². The molecule has 0 unspecified atom stereocenters. The van der Waals surface area contributed by atoms with Gasteiger partial charge in [0.25, 0.3) is 0 Å². The van der Waals surface area contributed by atoms with Gasteiger partial charge in [-0.3, -0.25) is 4.79 Å². The molecule has 0 amide bonds. The number of carboxylic acid groups (broad SMARTS) is 1. The van der Waals surface area contributed by atoms with Crippen LogP contribution in [-0.4, -0.2) is 16.2 Å². The van der Waals surface area contributed by atoms with E-state index in [4.69, 9.17) is 5.11 Å². The number of carboxylic acids is 1. The highest BCUT2D eigenvalue weighted by atomic mass is 79.9. The van der Waals surface area contributed by atoms with Gasteiger partial charge in [-0.15, -0.1) is 0 Å². The summed E-state index contributed by atoms with van der Waals surface area (Å²) < 4.78 is 0.836. The van der Waals surface area contributed by atoms with Crippen molar-refractivity contribution in [2.45, 2.75) is 25.2 Å². The van der Waals surface area contributed by atoms with Crippen molar-refractivity contribution in [3.05, 3.63) is 27.7 Å². The van der Waals surface area contributed by atoms with Crippen molar-refractivity contribution in [1.29, 1.82) is 0 Å². The van der Waals surface area contributed by atoms with Crippen LogP contribution in [0.15, 0.2) is 16.6 Å². The number of phenols is 1. The predicted octanol–water partition coefficient (Wildman–Crippen LogP) is 2.58. The van der Waals surface area contributed by atoms with E-state index in [1.165, 1.54) is 0 Å². The molecule has 1 saturated carbocycles. The van der Waals surface area contributed by atoms with Crippen LogP contribution in [0, 0.1) is 6.92 Å². The van der Waals surface area contributed by atoms with Crippen LogP contribution in [0.2, 0.25) is 0 Å². The van der Waals surface area contributed by atoms with Gasteiger partial charge >= 0.3 is 5.97 Å². The highest BCUT2D eigenvalue weighted by molar-refractivity contribution is 9.10. The molecule has 4 heteroatoms. The molecule has 1 aromatic carbocycles. The zero-order valence-electron chi connectivity index (χ0n) is 8.25. The lowest BCUT2D eigenvalue weighted by molar-refractivity contribution is -0.140. The molecule has 1 aromatic rings. The molecular weight excluding hydrogens is 260 g/mol. The van der Waals surface area contributed by atoms with Crippen molar-refractivity contribution in [2.24, 2.45) is 0 Å². The molecule has 0 heterocycles. The van der Waals surface area contributed by atoms with Crippen molar-refractivity contribution in [2.75, 3.05) is 0 Å². The average molecular weight is 271 g/mol. The van der Waals surface area contributed by atoms with Gasteiger partial charge in [-0.25, -0.2) is 0 Å². The fourth-order valence-electron chi connectivity index (χ4n) is 1.77. The SMILES string of the molecule is Cc1cc(O)c(C2(C(=O)O)CC2)cc1Br. The second kappa shape index (κ2) is 3.23. The first-order valence-electron chi connectivity index (χ1n) is 4.70. The molecule has 0 bridgehead atoms. The van der Waals surface area contributed by atoms with Crippen LogP contribution in [0.3, 0.4) is 0 Å². The Labute approximate surface area is 95.9 Å². The predicted molar refractivity (Wildman–Crippen MR) is 59.1 cm³/mol. The maximum Gasteiger partial charge on any atom is 0.314 e. The van der Waals surface area contributed by atoms with Crippen LogP contribution in [-0.2, 0) is 10.2 Å². The van der Waals surface area contributed by atoms with Crippen LogP contribution in [0.4, 0.5) is 0 Å². The summed E-state index contributed by atoms with van der Waals surface area (Å²) in [6.45, 7) is 1.86. The van der Waals surface area contributed by atoms with Crippen molar-refractivity contribution in [3.8, 4) is 5.75 Å². The third-order valence-electron chi connectivity index (χ3n) is 2.95. The lowest BCUT2D eigenvalue weighted by atomic mass is 9.94. The summed E-state index contributed by atoms with van der Waals surface area (Å²) in [5.74, 6) is -0.774. The standard InChI is InChI=1S/C11H11BrO3/c1-6-4-9(13)7(5-8(6)12)11(2-3-11)10(14)15/h4-5,13H,2-3H2,1H3,(H,14,15). The molecule has 1 aliphatic carbocycles. The Balaban J connectivity index is 2.54. The molecule has 0 radical (unpaired) electrons. The van der Waals surface area contributed by atoms with E-state index in [1.807, 2.05) is 6.92 Å². The maximum absolute atomic E-state index is 11.1. The summed E-state index contributed by atoms with van der Waals surface area (Å²) in [5, 5.41) is 18.9. The molecule has 0 saturated heterocycles. The molecule has 3 nitrogen and oxygen atoms in total. The van der Waals surface area contributed by atoms with Crippen molar-refractivity contribution in [3.63, 3.8) is 0 Å². The second-order valence-corrected chi connectivity index (χ2v) is 4.86. The summed E-state index contributed by atoms with van der Waals surface area (Å²) in [6.07, 6.45) is 1.21. The van der Waals surface area contributed by atoms with E-state index in [0.717, 1.165) is 10.0 Å². The number of aryl methyl sites for hydroxylation is 1. The number of phenolic OH excluding ortho intramolecular Hbond substituents is 1. The monoisotopic (exact) mass is 270 g/mol. The lowest BCUT2D eigenvalue weighted by Crippen LogP contribution is -2.19. The fourth-order valence-corrected chi connectivity index (χ4v) is 2.12. The number of halogens is 1. The quantitative estimate of drug-likeness (QED) is 0.869. The molecule has 0 spiro atoms. The Morgan fingerprint density at radius 1 is 1.47 bits per heavy atom. The van der Waals surface area contributed by atoms with Gasteiger partial charge in [0.15, 0.2) is 0 Å². The van der Waals surface area contributed by atoms with Crippen molar-refractivity contribution >= 4 is 21.9 Å². The Morgan fingerprint density at radius 3 is 2.53 bits per heavy atom. The van der Waals surface area contributed by atoms with Crippen LogP contribution in [0.1, 0.15) is 24.0 Å². The van der Waals surface area contributed by atoms with Gasteiger partial charge in [0, 0.05) is 10.0 Å². The van der Waals surface area contributed by atoms with E-state index in [-0.39, 0.29) is 5.75 Å². The van der Waals surface area contributed by atoms with Crippen LogP contribution in [0.5, 0.6) is 5.75 Å². The van der Waals surface area contributed by atoms with Gasteiger partial charge in [-0.05, 0) is 37.5 Å². The van der Waals surface area contributed by atoms with Gasteiger partial charge in [-0.2, -0.15) is 0 Å². The number of benzene rings is 1. The molecule has 0 atom stereocenters. The van der Waals surface area contributed by atoms with Crippen LogP contribution < -0.4 is 0 Å². The number of hydrogen-bond acceptors (Lipinski definition) is 2. The third kappa shape index (κ3) is 1.53. The lowest BCUT2D eigenvalue weighted by Gasteiger charge is -2.13. The molecule has 2 rings (SSSR count). The molecule has 80 valence electrons. The van der Waals surface area contributed by atoms with E-state index in [9.17, 15) is 9.90 Å². The zero-order chi connectivity index (χ0) is 11.2. The van der Waals surface area contributed by atoms with Crippen LogP contribution >= 0.6 is 15.9 Å². The van der Waals surface area contributed by atoms with Crippen molar-refractivity contribution in [1.82, 2.24) is 0 Å². The first kappa shape index (κ1) is 10.5. The normalized spacial score (nSPS) is 17.5. The number of carbonyl (C=O) groups is 1. The minimum Gasteiger partial charge on any atom is -0.508 e. The summed E-state index contributed by atoms with van der Waals surface area (Å²) in [5.41, 5.74) is 0.574. The molecule has 0 aliphatic heterocycles. The molecular formula is C11H11BrO3. The summed E-state index contributed by atoms with van der Waals surface area (Å²) in [6, 6.07) is 3.31. The summed E-state index contributed by atoms with van der Waals surface area (Å²) >= 11 is 3.35. The highest BCUT2D eigenvalue weighted by Crippen LogP contribution is 2.52. The van der Waals surface area contributed by atoms with Gasteiger partial charge in [0.1, 0.15) is 5.75 Å². The van der Waals surface area contributed by atoms with Crippen LogP contribution in [0.25, 0.3) is 0 Å². The first-order chi connectivity index (χ1) is 6.97. The van der Waals surface area contributed by atoms with Crippen molar-refractivity contribution < 1.29 is 15.0 Å². The fraction of sp³-hybridized carbons (Fsp3) is 0.364. The highest BCUT2D eigenvalue weighted by Gasteiger charge is 2.53. The van der Waals surface area contributed by atoms with E-state index in [1.54, 1.807) is 12.1 Å². The maximum atomic E-state index is 11.1. The minimum atomic E-state index is -0.853. The van der Waals surface area contributed by atoms with Gasteiger partial charge < -0.3 is 10.2 Å². The topological polar surface area (TPSA) is 57.5 Å². The largest absolute Gasteiger partial charge is 0.508 e. The molecule has 2 N–H and O–H groups in total. The molecule has 0 aromatic heterocycles. The van der Waals surface area contributed by atoms with E-state index in [0.29, 0.717) is 18.4 Å². The van der Waals surface area contributed by atoms with Gasteiger partial charge in [-0.1, -0.05) is 15.9 Å². The molecule has 15 heavy (non-hydrogen) atoms. The van der Waals surface area contributed by atoms with E-state index < -0.39 is 11.4 Å². The number of aromatic hydroxyl groups is 1. The smallest absolute Gasteiger partial charge is 0.314 e. The Morgan fingerprint density at radius 2 is 2.07 bits per heavy atom. The van der Waals surface area contributed by atoms with Gasteiger partial charge in [0.2, 0.25) is 0 Å². The number of hydrogen-bond donors (Lipinski definition) is 2. The Kier molecular flexibility index (Phi) is 2.26. The average Bonchev–Trinajstić information content (AvgIpc) is 2.92.